The Bertz CT molecular complexity index is 4450. The molecule has 70 heavy (non-hydrogen) atoms. The molecule has 0 bridgehead atoms. The number of alkyl halides is 2. The monoisotopic (exact) mass is 925 g/mol. The Balaban J connectivity index is 1.04. The van der Waals surface area contributed by atoms with Gasteiger partial charge in [0, 0.05) is 50.3 Å². The van der Waals surface area contributed by atoms with Gasteiger partial charge in [-0.2, -0.15) is 8.78 Å². The van der Waals surface area contributed by atoms with Crippen LogP contribution in [0.25, 0.3) is 61.0 Å². The second-order valence-corrected chi connectivity index (χ2v) is 17.5. The molecule has 0 unspecified atom stereocenters. The van der Waals surface area contributed by atoms with E-state index >= 15 is 8.78 Å². The van der Waals surface area contributed by atoms with Gasteiger partial charge in [-0.05, 0) is 94.0 Å². The number of pyridine rings is 1. The molecule has 3 heterocycles. The first-order chi connectivity index (χ1) is 40.4. The molecule has 0 N–H and O–H groups in total. The smallest absolute Gasteiger partial charge is 0.298 e. The van der Waals surface area contributed by atoms with E-state index in [2.05, 4.69) is 26.0 Å². The van der Waals surface area contributed by atoms with E-state index in [1.807, 2.05) is 59.2 Å². The van der Waals surface area contributed by atoms with Crippen LogP contribution in [-0.2, 0) is 11.3 Å². The Labute approximate surface area is 428 Å². The average Bonchev–Trinajstić information content (AvgIpc) is 1.85. The van der Waals surface area contributed by atoms with Crippen molar-refractivity contribution in [2.24, 2.45) is 0 Å². The van der Waals surface area contributed by atoms with Gasteiger partial charge in [-0.25, -0.2) is 4.98 Å². The number of hydrogen-bond donors (Lipinski definition) is 0. The summed E-state index contributed by atoms with van der Waals surface area (Å²) in [5, 5.41) is 1.58. The first-order valence-corrected chi connectivity index (χ1v) is 22.5. The summed E-state index contributed by atoms with van der Waals surface area (Å²) >= 11 is 0. The lowest BCUT2D eigenvalue weighted by Crippen LogP contribution is -2.25. The molecule has 0 amide bonds. The van der Waals surface area contributed by atoms with Crippen molar-refractivity contribution in [1.82, 2.24) is 9.55 Å². The van der Waals surface area contributed by atoms with Crippen molar-refractivity contribution < 1.29 is 29.3 Å². The highest BCUT2D eigenvalue weighted by Crippen LogP contribution is 2.52. The molecule has 1 aliphatic heterocycles. The topological polar surface area (TPSA) is 24.3 Å². The summed E-state index contributed by atoms with van der Waals surface area (Å²) in [5.41, 5.74) is 1.28. The zero-order valence-electron chi connectivity index (χ0n) is 52.7. The van der Waals surface area contributed by atoms with Crippen molar-refractivity contribution in [3.63, 3.8) is 0 Å². The van der Waals surface area contributed by atoms with Crippen LogP contribution in [0.5, 0.6) is 0 Å². The fourth-order valence-corrected chi connectivity index (χ4v) is 9.64. The number of hydrogen-bond acceptors (Lipinski definition) is 3. The van der Waals surface area contributed by atoms with Crippen LogP contribution < -0.4 is 9.80 Å². The Morgan fingerprint density at radius 2 is 1.04 bits per heavy atom. The Hall–Kier alpha value is -8.61. The molecule has 2 aromatic heterocycles. The molecule has 0 fully saturated rings. The van der Waals surface area contributed by atoms with Gasteiger partial charge in [-0.1, -0.05) is 189 Å². The maximum atomic E-state index is 17.8. The van der Waals surface area contributed by atoms with Gasteiger partial charge in [0.1, 0.15) is 12.5 Å². The third kappa shape index (κ3) is 7.31. The summed E-state index contributed by atoms with van der Waals surface area (Å²) < 4.78 is 171. The van der Waals surface area contributed by atoms with Crippen molar-refractivity contribution in [2.75, 3.05) is 16.5 Å². The summed E-state index contributed by atoms with van der Waals surface area (Å²) in [4.78, 5) is 8.11. The van der Waals surface area contributed by atoms with E-state index in [0.717, 1.165) is 27.4 Å². The zero-order chi connectivity index (χ0) is 60.5. The van der Waals surface area contributed by atoms with Gasteiger partial charge < -0.3 is 9.80 Å². The molecule has 0 atom stereocenters. The third-order valence-corrected chi connectivity index (χ3v) is 13.2. The van der Waals surface area contributed by atoms with Crippen molar-refractivity contribution in [3.8, 4) is 39.2 Å². The van der Waals surface area contributed by atoms with Crippen LogP contribution in [-0.4, -0.2) is 16.2 Å². The van der Waals surface area contributed by atoms with Crippen molar-refractivity contribution >= 4 is 44.6 Å². The van der Waals surface area contributed by atoms with Gasteiger partial charge >= 0.3 is 0 Å². The summed E-state index contributed by atoms with van der Waals surface area (Å²) in [5.74, 6) is -3.09. The normalized spacial score (nSPS) is 15.7. The molecule has 0 radical (unpaired) electrons. The van der Waals surface area contributed by atoms with Crippen molar-refractivity contribution in [1.29, 1.82) is 0 Å². The fraction of sp³-hybridized carbons (Fsp3) is 0.0781. The first-order valence-electron chi connectivity index (χ1n) is 30.0. The molecule has 0 spiro atoms. The maximum absolute atomic E-state index is 17.8. The minimum absolute atomic E-state index is 0.0861. The lowest BCUT2D eigenvalue weighted by molar-refractivity contribution is 0.0430. The van der Waals surface area contributed by atoms with Crippen molar-refractivity contribution in [3.05, 3.63) is 265 Å². The zero-order valence-corrected chi connectivity index (χ0v) is 37.7. The van der Waals surface area contributed by atoms with Crippen LogP contribution in [0, 0.1) is 0 Å². The van der Waals surface area contributed by atoms with E-state index in [1.165, 1.54) is 42.5 Å². The molecule has 6 heteroatoms. The number of aromatic nitrogens is 2. The second-order valence-electron chi connectivity index (χ2n) is 17.5. The molecule has 4 nitrogen and oxygen atoms in total. The summed E-state index contributed by atoms with van der Waals surface area (Å²) in [6.07, 6.45) is 1.73. The van der Waals surface area contributed by atoms with Crippen LogP contribution in [0.4, 0.5) is 31.5 Å². The molecule has 338 valence electrons. The van der Waals surface area contributed by atoms with Gasteiger partial charge in [-0.15, -0.1) is 0 Å². The molecule has 0 saturated carbocycles. The Kier molecular flexibility index (Phi) is 7.19. The largest absolute Gasteiger partial charge is 0.321 e. The molecule has 0 saturated heterocycles. The predicted octanol–water partition coefficient (Wildman–Crippen LogP) is 16.9. The number of halogens is 2. The van der Waals surface area contributed by atoms with Crippen LogP contribution in [0.1, 0.15) is 56.7 Å². The number of fused-ring (bicyclic) bond motifs is 4. The maximum Gasteiger partial charge on any atom is 0.298 e. The van der Waals surface area contributed by atoms with E-state index in [0.29, 0.717) is 22.7 Å². The standard InChI is InChI=1S/C64H48F2N4/c1-63(2,48-26-13-6-14-27-48)49-36-37-67-61(42-49)70-57-31-16-15-30-53(57)54-35-34-51(41-60(54)70)64(65,66)50-28-19-29-52(40-50)68-43-69(59-33-18-17-32-58(59)68)62-55(45-22-9-4-10-23-45)38-47(44-20-7-3-8-21-44)39-56(62)46-24-11-5-12-25-46/h3-42H,43H2,1-2H3/i3D,4D,5D,7D,8D,9D,10D,11D,12D,20D,21D,22D,23D,24D,25D. The quantitative estimate of drug-likeness (QED) is 0.137. The number of anilines is 4. The molecule has 11 aromatic rings. The lowest BCUT2D eigenvalue weighted by atomic mass is 9.78. The SMILES string of the molecule is [2H]c1c([2H])c([2H])c(-c2cc(-c3c([2H])c([2H])c([2H])c([2H])c3[2H])c(N3CN(c4cccc(C(F)(F)c5ccc6c7ccccc7n(-c7cc(C(C)(C)c8ccccc8)ccn7)c6c5)c4)c4ccccc43)c(-c3c([2H])c([2H])c([2H])c([2H])c3[2H])c2)c([2H])c1[2H]. The number of para-hydroxylation sites is 3. The van der Waals surface area contributed by atoms with Crippen LogP contribution in [0.3, 0.4) is 0 Å². The number of rotatable bonds is 10. The van der Waals surface area contributed by atoms with Gasteiger partial charge in [0.25, 0.3) is 5.92 Å². The molecular weight excluding hydrogens is 863 g/mol. The molecule has 9 aromatic carbocycles. The van der Waals surface area contributed by atoms with Gasteiger partial charge in [-0.3, -0.25) is 4.57 Å². The highest BCUT2D eigenvalue weighted by atomic mass is 19.3. The highest BCUT2D eigenvalue weighted by Gasteiger charge is 2.37. The van der Waals surface area contributed by atoms with Crippen LogP contribution in [0.15, 0.2) is 242 Å². The fourth-order valence-electron chi connectivity index (χ4n) is 9.64. The molecule has 12 rings (SSSR count). The van der Waals surface area contributed by atoms with Crippen LogP contribution in [0.2, 0.25) is 0 Å². The van der Waals surface area contributed by atoms with E-state index in [-0.39, 0.29) is 45.9 Å². The minimum atomic E-state index is -3.63. The van der Waals surface area contributed by atoms with Crippen molar-refractivity contribution in [2.45, 2.75) is 25.2 Å². The third-order valence-electron chi connectivity index (χ3n) is 13.2. The second kappa shape index (κ2) is 17.2. The van der Waals surface area contributed by atoms with E-state index in [4.69, 9.17) is 20.1 Å². The lowest BCUT2D eigenvalue weighted by Gasteiger charge is -2.28. The van der Waals surface area contributed by atoms with E-state index < -0.39 is 119 Å². The highest BCUT2D eigenvalue weighted by molar-refractivity contribution is 6.09. The molecular formula is C64H48F2N4. The molecule has 1 aliphatic rings. The first kappa shape index (κ1) is 29.3. The van der Waals surface area contributed by atoms with Gasteiger partial charge in [0.05, 0.1) is 48.7 Å². The van der Waals surface area contributed by atoms with Crippen LogP contribution >= 0.6 is 0 Å². The predicted molar refractivity (Wildman–Crippen MR) is 285 cm³/mol. The average molecular weight is 926 g/mol. The molecule has 0 aliphatic carbocycles. The number of benzene rings is 9. The summed E-state index contributed by atoms with van der Waals surface area (Å²) in [7, 11) is 0. The van der Waals surface area contributed by atoms with E-state index in [9.17, 15) is 5.48 Å². The Morgan fingerprint density at radius 3 is 1.73 bits per heavy atom. The van der Waals surface area contributed by atoms with Gasteiger partial charge in [0.2, 0.25) is 0 Å². The minimum Gasteiger partial charge on any atom is -0.321 e. The number of nitrogens with zero attached hydrogens (tertiary/aromatic N) is 4. The van der Waals surface area contributed by atoms with Gasteiger partial charge in [0.15, 0.2) is 0 Å². The Morgan fingerprint density at radius 1 is 0.471 bits per heavy atom. The summed E-state index contributed by atoms with van der Waals surface area (Å²) in [6.45, 7) is 3.96. The summed E-state index contributed by atoms with van der Waals surface area (Å²) in [6, 6.07) is 30.5. The van der Waals surface area contributed by atoms with E-state index in [1.54, 1.807) is 52.4 Å².